The molecule has 0 spiro atoms. The molecule has 3 rings (SSSR count). The summed E-state index contributed by atoms with van der Waals surface area (Å²) in [6.07, 6.45) is -0.811. The third-order valence-corrected chi connectivity index (χ3v) is 4.53. The number of aliphatic hydroxyl groups excluding tert-OH is 1. The molecule has 1 heterocycles. The van der Waals surface area contributed by atoms with Gasteiger partial charge in [0, 0.05) is 12.5 Å². The van der Waals surface area contributed by atoms with Gasteiger partial charge in [0.25, 0.3) is 0 Å². The average Bonchev–Trinajstić information content (AvgIpc) is 2.96. The summed E-state index contributed by atoms with van der Waals surface area (Å²) in [6.45, 7) is 1.99. The second kappa shape index (κ2) is 6.56. The van der Waals surface area contributed by atoms with Crippen molar-refractivity contribution >= 4 is 11.3 Å². The molecule has 1 N–H and O–H groups in total. The number of nitrogens with zero attached hydrogens (tertiary/aromatic N) is 1. The molecule has 0 radical (unpaired) electrons. The molecule has 5 heteroatoms. The van der Waals surface area contributed by atoms with Crippen LogP contribution in [-0.4, -0.2) is 10.1 Å². The Labute approximate surface area is 137 Å². The van der Waals surface area contributed by atoms with Crippen LogP contribution in [-0.2, 0) is 6.42 Å². The Morgan fingerprint density at radius 1 is 1.13 bits per heavy atom. The van der Waals surface area contributed by atoms with E-state index in [0.29, 0.717) is 11.3 Å². The first-order valence-corrected chi connectivity index (χ1v) is 8.05. The molecule has 1 unspecified atom stereocenters. The van der Waals surface area contributed by atoms with Gasteiger partial charge in [-0.1, -0.05) is 24.3 Å². The minimum absolute atomic E-state index is 0.108. The number of aromatic nitrogens is 1. The Morgan fingerprint density at radius 3 is 2.52 bits per heavy atom. The normalized spacial score (nSPS) is 12.3. The van der Waals surface area contributed by atoms with Gasteiger partial charge in [-0.15, -0.1) is 11.3 Å². The van der Waals surface area contributed by atoms with Gasteiger partial charge in [0.1, 0.15) is 17.7 Å². The predicted octanol–water partition coefficient (Wildman–Crippen LogP) is 4.67. The van der Waals surface area contributed by atoms with Crippen LogP contribution in [0.2, 0.25) is 0 Å². The quantitative estimate of drug-likeness (QED) is 0.753. The zero-order valence-corrected chi connectivity index (χ0v) is 13.3. The van der Waals surface area contributed by atoms with Crippen molar-refractivity contribution in [2.24, 2.45) is 0 Å². The number of thiazole rings is 1. The Morgan fingerprint density at radius 2 is 1.83 bits per heavy atom. The van der Waals surface area contributed by atoms with Crippen LogP contribution in [0.1, 0.15) is 22.9 Å². The van der Waals surface area contributed by atoms with Gasteiger partial charge in [-0.2, -0.15) is 0 Å². The molecular weight excluding hydrogens is 316 g/mol. The lowest BCUT2D eigenvalue weighted by Gasteiger charge is -2.12. The largest absolute Gasteiger partial charge is 0.386 e. The van der Waals surface area contributed by atoms with E-state index in [4.69, 9.17) is 0 Å². The zero-order valence-electron chi connectivity index (χ0n) is 12.5. The van der Waals surface area contributed by atoms with Crippen LogP contribution < -0.4 is 0 Å². The molecule has 0 saturated heterocycles. The van der Waals surface area contributed by atoms with Crippen molar-refractivity contribution in [1.29, 1.82) is 0 Å². The third-order valence-electron chi connectivity index (χ3n) is 3.65. The lowest BCUT2D eigenvalue weighted by atomic mass is 10.0. The summed E-state index contributed by atoms with van der Waals surface area (Å²) >= 11 is 1.44. The SMILES string of the molecule is Cc1ccccc1-c1scnc1C(O)Cc1cc(F)cc(F)c1. The van der Waals surface area contributed by atoms with E-state index in [1.54, 1.807) is 5.51 Å². The lowest BCUT2D eigenvalue weighted by molar-refractivity contribution is 0.174. The van der Waals surface area contributed by atoms with E-state index >= 15 is 0 Å². The van der Waals surface area contributed by atoms with Gasteiger partial charge in [-0.3, -0.25) is 0 Å². The van der Waals surface area contributed by atoms with E-state index < -0.39 is 17.7 Å². The maximum atomic E-state index is 13.3. The molecule has 0 aliphatic heterocycles. The number of hydrogen-bond donors (Lipinski definition) is 1. The number of hydrogen-bond acceptors (Lipinski definition) is 3. The van der Waals surface area contributed by atoms with Gasteiger partial charge < -0.3 is 5.11 Å². The zero-order chi connectivity index (χ0) is 16.4. The van der Waals surface area contributed by atoms with Gasteiger partial charge in [0.2, 0.25) is 0 Å². The molecule has 0 amide bonds. The Hall–Kier alpha value is -2.11. The van der Waals surface area contributed by atoms with E-state index in [1.807, 2.05) is 31.2 Å². The molecule has 0 aliphatic rings. The highest BCUT2D eigenvalue weighted by molar-refractivity contribution is 7.13. The summed E-state index contributed by atoms with van der Waals surface area (Å²) in [5, 5.41) is 10.5. The molecule has 0 fully saturated rings. The smallest absolute Gasteiger partial charge is 0.126 e. The summed E-state index contributed by atoms with van der Waals surface area (Å²) in [6, 6.07) is 11.1. The highest BCUT2D eigenvalue weighted by Crippen LogP contribution is 2.34. The topological polar surface area (TPSA) is 33.1 Å². The first kappa shape index (κ1) is 15.8. The van der Waals surface area contributed by atoms with Crippen LogP contribution in [0.4, 0.5) is 8.78 Å². The van der Waals surface area contributed by atoms with Crippen molar-refractivity contribution in [3.63, 3.8) is 0 Å². The summed E-state index contributed by atoms with van der Waals surface area (Å²) in [4.78, 5) is 5.14. The van der Waals surface area contributed by atoms with E-state index in [-0.39, 0.29) is 6.42 Å². The van der Waals surface area contributed by atoms with Crippen molar-refractivity contribution in [3.8, 4) is 10.4 Å². The minimum atomic E-state index is -0.919. The number of benzene rings is 2. The van der Waals surface area contributed by atoms with Crippen molar-refractivity contribution in [2.45, 2.75) is 19.4 Å². The Kier molecular flexibility index (Phi) is 4.50. The molecule has 0 aliphatic carbocycles. The fourth-order valence-corrected chi connectivity index (χ4v) is 3.51. The first-order valence-electron chi connectivity index (χ1n) is 7.17. The molecule has 2 nitrogen and oxygen atoms in total. The third kappa shape index (κ3) is 3.46. The summed E-state index contributed by atoms with van der Waals surface area (Å²) < 4.78 is 26.6. The van der Waals surface area contributed by atoms with Gasteiger partial charge in [0.05, 0.1) is 16.1 Å². The number of rotatable bonds is 4. The molecule has 118 valence electrons. The summed E-state index contributed by atoms with van der Waals surface area (Å²) in [5.41, 5.74) is 4.70. The number of aryl methyl sites for hydroxylation is 1. The van der Waals surface area contributed by atoms with Crippen LogP contribution in [0, 0.1) is 18.6 Å². The van der Waals surface area contributed by atoms with Crippen molar-refractivity contribution in [3.05, 3.63) is 76.4 Å². The first-order chi connectivity index (χ1) is 11.0. The second-order valence-electron chi connectivity index (χ2n) is 5.38. The maximum Gasteiger partial charge on any atom is 0.126 e. The molecule has 3 aromatic rings. The van der Waals surface area contributed by atoms with Gasteiger partial charge in [-0.05, 0) is 35.7 Å². The van der Waals surface area contributed by atoms with Crippen LogP contribution in [0.15, 0.2) is 48.0 Å². The van der Waals surface area contributed by atoms with E-state index in [0.717, 1.165) is 22.1 Å². The highest BCUT2D eigenvalue weighted by Gasteiger charge is 2.19. The highest BCUT2D eigenvalue weighted by atomic mass is 32.1. The molecule has 0 saturated carbocycles. The van der Waals surface area contributed by atoms with Gasteiger partial charge in [-0.25, -0.2) is 13.8 Å². The maximum absolute atomic E-state index is 13.3. The van der Waals surface area contributed by atoms with Crippen LogP contribution in [0.3, 0.4) is 0 Å². The van der Waals surface area contributed by atoms with E-state index in [9.17, 15) is 13.9 Å². The van der Waals surface area contributed by atoms with E-state index in [2.05, 4.69) is 4.98 Å². The summed E-state index contributed by atoms with van der Waals surface area (Å²) in [7, 11) is 0. The summed E-state index contributed by atoms with van der Waals surface area (Å²) in [5.74, 6) is -1.30. The van der Waals surface area contributed by atoms with Crippen molar-refractivity contribution in [1.82, 2.24) is 4.98 Å². The molecule has 2 aromatic carbocycles. The molecular formula is C18H15F2NOS. The molecule has 0 bridgehead atoms. The van der Waals surface area contributed by atoms with Crippen LogP contribution in [0.5, 0.6) is 0 Å². The minimum Gasteiger partial charge on any atom is -0.386 e. The van der Waals surface area contributed by atoms with Gasteiger partial charge >= 0.3 is 0 Å². The van der Waals surface area contributed by atoms with Crippen molar-refractivity contribution < 1.29 is 13.9 Å². The van der Waals surface area contributed by atoms with Crippen LogP contribution >= 0.6 is 11.3 Å². The molecule has 1 aromatic heterocycles. The Bertz CT molecular complexity index is 811. The Balaban J connectivity index is 1.91. The van der Waals surface area contributed by atoms with Crippen LogP contribution in [0.25, 0.3) is 10.4 Å². The standard InChI is InChI=1S/C18H15F2NOS/c1-11-4-2-3-5-15(11)18-17(21-10-23-18)16(22)8-12-6-13(19)9-14(20)7-12/h2-7,9-10,16,22H,8H2,1H3. The van der Waals surface area contributed by atoms with E-state index in [1.165, 1.54) is 23.5 Å². The second-order valence-corrected chi connectivity index (χ2v) is 6.23. The van der Waals surface area contributed by atoms with Crippen molar-refractivity contribution in [2.75, 3.05) is 0 Å². The fourth-order valence-electron chi connectivity index (χ4n) is 2.57. The number of halogens is 2. The fraction of sp³-hybridized carbons (Fsp3) is 0.167. The molecule has 23 heavy (non-hydrogen) atoms. The average molecular weight is 331 g/mol. The molecule has 1 atom stereocenters. The predicted molar refractivity (Wildman–Crippen MR) is 87.3 cm³/mol. The monoisotopic (exact) mass is 331 g/mol. The van der Waals surface area contributed by atoms with Gasteiger partial charge in [0.15, 0.2) is 0 Å². The lowest BCUT2D eigenvalue weighted by Crippen LogP contribution is -2.04. The number of aliphatic hydroxyl groups is 1.